The predicted molar refractivity (Wildman–Crippen MR) is 89.3 cm³/mol. The lowest BCUT2D eigenvalue weighted by molar-refractivity contribution is 0.0600. The number of nitrogens with zero attached hydrogens (tertiary/aromatic N) is 1. The van der Waals surface area contributed by atoms with Crippen LogP contribution in [0.3, 0.4) is 0 Å². The highest BCUT2D eigenvalue weighted by atomic mass is 32.2. The highest BCUT2D eigenvalue weighted by Crippen LogP contribution is 2.29. The van der Waals surface area contributed by atoms with Gasteiger partial charge in [-0.3, -0.25) is 4.79 Å². The van der Waals surface area contributed by atoms with Crippen LogP contribution in [0.2, 0.25) is 0 Å². The SMILES string of the molecule is COC(C)CN(C)C(=O)c1ccc(S(=O)(=O)C2CCCC2)cc1. The molecule has 1 fully saturated rings. The average Bonchev–Trinajstić information content (AvgIpc) is 3.09. The zero-order valence-electron chi connectivity index (χ0n) is 14.0. The first-order valence-corrected chi connectivity index (χ1v) is 9.53. The lowest BCUT2D eigenvalue weighted by atomic mass is 10.2. The lowest BCUT2D eigenvalue weighted by Gasteiger charge is -2.21. The van der Waals surface area contributed by atoms with E-state index in [9.17, 15) is 13.2 Å². The molecule has 0 radical (unpaired) electrons. The predicted octanol–water partition coefficient (Wildman–Crippen LogP) is 2.51. The van der Waals surface area contributed by atoms with Gasteiger partial charge in [-0.25, -0.2) is 8.42 Å². The maximum Gasteiger partial charge on any atom is 0.253 e. The Labute approximate surface area is 138 Å². The third-order valence-electron chi connectivity index (χ3n) is 4.45. The maximum atomic E-state index is 12.5. The fourth-order valence-corrected chi connectivity index (χ4v) is 4.80. The van der Waals surface area contributed by atoms with E-state index in [4.69, 9.17) is 4.74 Å². The van der Waals surface area contributed by atoms with Gasteiger partial charge in [0.1, 0.15) is 0 Å². The first-order chi connectivity index (χ1) is 10.9. The van der Waals surface area contributed by atoms with E-state index in [0.717, 1.165) is 25.7 Å². The van der Waals surface area contributed by atoms with Gasteiger partial charge in [-0.05, 0) is 44.0 Å². The van der Waals surface area contributed by atoms with Gasteiger partial charge in [-0.15, -0.1) is 0 Å². The number of rotatable bonds is 6. The molecule has 1 amide bonds. The molecule has 0 spiro atoms. The van der Waals surface area contributed by atoms with Crippen molar-refractivity contribution >= 4 is 15.7 Å². The van der Waals surface area contributed by atoms with E-state index in [1.165, 1.54) is 0 Å². The summed E-state index contributed by atoms with van der Waals surface area (Å²) in [5.41, 5.74) is 0.487. The van der Waals surface area contributed by atoms with Crippen LogP contribution in [0.25, 0.3) is 0 Å². The van der Waals surface area contributed by atoms with Crippen LogP contribution in [0.1, 0.15) is 43.0 Å². The minimum absolute atomic E-state index is 0.0500. The summed E-state index contributed by atoms with van der Waals surface area (Å²) < 4.78 is 30.2. The van der Waals surface area contributed by atoms with Crippen LogP contribution in [0.4, 0.5) is 0 Å². The summed E-state index contributed by atoms with van der Waals surface area (Å²) in [6.07, 6.45) is 3.37. The molecule has 1 aliphatic carbocycles. The van der Waals surface area contributed by atoms with Crippen LogP contribution in [0.15, 0.2) is 29.2 Å². The summed E-state index contributed by atoms with van der Waals surface area (Å²) in [4.78, 5) is 14.2. The van der Waals surface area contributed by atoms with Crippen molar-refractivity contribution in [2.24, 2.45) is 0 Å². The van der Waals surface area contributed by atoms with Crippen molar-refractivity contribution in [1.82, 2.24) is 4.90 Å². The largest absolute Gasteiger partial charge is 0.380 e. The van der Waals surface area contributed by atoms with Crippen LogP contribution in [-0.4, -0.2) is 51.3 Å². The molecule has 0 heterocycles. The molecule has 5 nitrogen and oxygen atoms in total. The van der Waals surface area contributed by atoms with E-state index in [0.29, 0.717) is 17.0 Å². The number of methoxy groups -OCH3 is 1. The number of ether oxygens (including phenoxy) is 1. The zero-order valence-corrected chi connectivity index (χ0v) is 14.8. The number of benzene rings is 1. The summed E-state index contributed by atoms with van der Waals surface area (Å²) >= 11 is 0. The third kappa shape index (κ3) is 4.12. The number of sulfone groups is 1. The molecule has 1 saturated carbocycles. The Morgan fingerprint density at radius 1 is 1.26 bits per heavy atom. The smallest absolute Gasteiger partial charge is 0.253 e. The molecule has 0 aliphatic heterocycles. The topological polar surface area (TPSA) is 63.7 Å². The van der Waals surface area contributed by atoms with Crippen molar-refractivity contribution in [3.05, 3.63) is 29.8 Å². The first kappa shape index (κ1) is 17.9. The van der Waals surface area contributed by atoms with Gasteiger partial charge in [0, 0.05) is 26.3 Å². The van der Waals surface area contributed by atoms with Crippen LogP contribution in [0.5, 0.6) is 0 Å². The third-order valence-corrected chi connectivity index (χ3v) is 6.73. The van der Waals surface area contributed by atoms with Crippen LogP contribution in [0, 0.1) is 0 Å². The Hall–Kier alpha value is -1.40. The molecule has 0 saturated heterocycles. The van der Waals surface area contributed by atoms with E-state index < -0.39 is 9.84 Å². The first-order valence-electron chi connectivity index (χ1n) is 7.98. The van der Waals surface area contributed by atoms with Crippen molar-refractivity contribution in [1.29, 1.82) is 0 Å². The van der Waals surface area contributed by atoms with Crippen molar-refractivity contribution < 1.29 is 17.9 Å². The summed E-state index contributed by atoms with van der Waals surface area (Å²) in [7, 11) is 0.0429. The molecule has 0 aromatic heterocycles. The monoisotopic (exact) mass is 339 g/mol. The molecule has 0 N–H and O–H groups in total. The molecule has 2 rings (SSSR count). The van der Waals surface area contributed by atoms with Gasteiger partial charge >= 0.3 is 0 Å². The second kappa shape index (κ2) is 7.45. The molecule has 1 aliphatic rings. The van der Waals surface area contributed by atoms with E-state index in [2.05, 4.69) is 0 Å². The molecule has 0 bridgehead atoms. The Morgan fingerprint density at radius 2 is 1.83 bits per heavy atom. The number of likely N-dealkylation sites (N-methyl/N-ethyl adjacent to an activating group) is 1. The van der Waals surface area contributed by atoms with Gasteiger partial charge < -0.3 is 9.64 Å². The fraction of sp³-hybridized carbons (Fsp3) is 0.588. The number of hydrogen-bond acceptors (Lipinski definition) is 4. The molecule has 23 heavy (non-hydrogen) atoms. The molecule has 1 unspecified atom stereocenters. The standard InChI is InChI=1S/C17H25NO4S/c1-13(22-3)12-18(2)17(19)14-8-10-16(11-9-14)23(20,21)15-6-4-5-7-15/h8-11,13,15H,4-7,12H2,1-3H3. The van der Waals surface area contributed by atoms with Crippen molar-refractivity contribution in [2.45, 2.75) is 48.9 Å². The summed E-state index contributed by atoms with van der Waals surface area (Å²) in [5, 5.41) is -0.269. The van der Waals surface area contributed by atoms with E-state index in [1.807, 2.05) is 6.92 Å². The summed E-state index contributed by atoms with van der Waals surface area (Å²) in [6.45, 7) is 2.37. The van der Waals surface area contributed by atoms with E-state index >= 15 is 0 Å². The van der Waals surface area contributed by atoms with Crippen LogP contribution in [-0.2, 0) is 14.6 Å². The summed E-state index contributed by atoms with van der Waals surface area (Å²) in [5.74, 6) is -0.140. The zero-order chi connectivity index (χ0) is 17.0. The van der Waals surface area contributed by atoms with Gasteiger partial charge in [0.05, 0.1) is 16.2 Å². The van der Waals surface area contributed by atoms with Crippen LogP contribution < -0.4 is 0 Å². The molecular weight excluding hydrogens is 314 g/mol. The van der Waals surface area contributed by atoms with Crippen molar-refractivity contribution in [2.75, 3.05) is 20.7 Å². The number of carbonyl (C=O) groups excluding carboxylic acids is 1. The number of hydrogen-bond donors (Lipinski definition) is 0. The Balaban J connectivity index is 2.11. The Kier molecular flexibility index (Phi) is 5.81. The van der Waals surface area contributed by atoms with Gasteiger partial charge in [-0.1, -0.05) is 12.8 Å². The Morgan fingerprint density at radius 3 is 2.35 bits per heavy atom. The normalized spacial score (nSPS) is 17.2. The molecular formula is C17H25NO4S. The molecule has 1 aromatic carbocycles. The molecule has 6 heteroatoms. The van der Waals surface area contributed by atoms with E-state index in [-0.39, 0.29) is 17.3 Å². The minimum Gasteiger partial charge on any atom is -0.380 e. The number of amides is 1. The van der Waals surface area contributed by atoms with E-state index in [1.54, 1.807) is 43.3 Å². The summed E-state index contributed by atoms with van der Waals surface area (Å²) in [6, 6.07) is 6.29. The van der Waals surface area contributed by atoms with Crippen LogP contribution >= 0.6 is 0 Å². The lowest BCUT2D eigenvalue weighted by Crippen LogP contribution is -2.33. The van der Waals surface area contributed by atoms with Gasteiger partial charge in [0.15, 0.2) is 9.84 Å². The Bertz CT molecular complexity index is 633. The molecule has 1 aromatic rings. The fourth-order valence-electron chi connectivity index (χ4n) is 2.94. The second-order valence-electron chi connectivity index (χ2n) is 6.21. The van der Waals surface area contributed by atoms with Gasteiger partial charge in [0.25, 0.3) is 5.91 Å². The minimum atomic E-state index is -3.27. The highest BCUT2D eigenvalue weighted by molar-refractivity contribution is 7.92. The van der Waals surface area contributed by atoms with Gasteiger partial charge in [0.2, 0.25) is 0 Å². The quantitative estimate of drug-likeness (QED) is 0.799. The number of carbonyl (C=O) groups is 1. The van der Waals surface area contributed by atoms with Crippen molar-refractivity contribution in [3.8, 4) is 0 Å². The second-order valence-corrected chi connectivity index (χ2v) is 8.44. The molecule has 128 valence electrons. The maximum absolute atomic E-state index is 12.5. The molecule has 1 atom stereocenters. The van der Waals surface area contributed by atoms with Gasteiger partial charge in [-0.2, -0.15) is 0 Å². The van der Waals surface area contributed by atoms with Crippen molar-refractivity contribution in [3.63, 3.8) is 0 Å². The average molecular weight is 339 g/mol. The highest BCUT2D eigenvalue weighted by Gasteiger charge is 2.30.